The van der Waals surface area contributed by atoms with E-state index in [9.17, 15) is 8.78 Å². The molecule has 0 heterocycles. The molecule has 0 aliphatic carbocycles. The minimum absolute atomic E-state index is 0.0714. The van der Waals surface area contributed by atoms with Crippen LogP contribution in [0.15, 0.2) is 36.4 Å². The summed E-state index contributed by atoms with van der Waals surface area (Å²) in [5.41, 5.74) is 3.05. The molecule has 112 valence electrons. The van der Waals surface area contributed by atoms with E-state index in [-0.39, 0.29) is 17.5 Å². The Morgan fingerprint density at radius 3 is 2.52 bits per heavy atom. The van der Waals surface area contributed by atoms with Crippen molar-refractivity contribution >= 4 is 5.69 Å². The van der Waals surface area contributed by atoms with Crippen molar-refractivity contribution in [3.05, 3.63) is 64.7 Å². The van der Waals surface area contributed by atoms with Gasteiger partial charge in [0.15, 0.2) is 0 Å². The average molecular weight is 289 g/mol. The molecule has 0 spiro atoms. The monoisotopic (exact) mass is 289 g/mol. The van der Waals surface area contributed by atoms with Crippen molar-refractivity contribution in [3.63, 3.8) is 0 Å². The molecule has 0 bridgehead atoms. The average Bonchev–Trinajstić information content (AvgIpc) is 2.43. The van der Waals surface area contributed by atoms with Crippen molar-refractivity contribution in [2.75, 3.05) is 5.32 Å². The van der Waals surface area contributed by atoms with Crippen LogP contribution in [0, 0.1) is 25.5 Å². The molecule has 0 amide bonds. The predicted octanol–water partition coefficient (Wildman–Crippen LogP) is 5.01. The van der Waals surface area contributed by atoms with Crippen LogP contribution in [0.25, 0.3) is 0 Å². The third-order valence-corrected chi connectivity index (χ3v) is 3.60. The normalized spacial score (nSPS) is 12.2. The van der Waals surface area contributed by atoms with Gasteiger partial charge in [0.25, 0.3) is 0 Å². The maximum absolute atomic E-state index is 13.8. The van der Waals surface area contributed by atoms with Gasteiger partial charge in [-0.15, -0.1) is 0 Å². The molecule has 0 saturated heterocycles. The van der Waals surface area contributed by atoms with Crippen molar-refractivity contribution in [2.24, 2.45) is 0 Å². The topological polar surface area (TPSA) is 12.0 Å². The lowest BCUT2D eigenvalue weighted by atomic mass is 10.0. The summed E-state index contributed by atoms with van der Waals surface area (Å²) in [7, 11) is 0. The Kier molecular flexibility index (Phi) is 4.94. The van der Waals surface area contributed by atoms with Crippen LogP contribution in [0.1, 0.15) is 30.0 Å². The lowest BCUT2D eigenvalue weighted by molar-refractivity contribution is 0.590. The van der Waals surface area contributed by atoms with Crippen LogP contribution in [-0.4, -0.2) is 6.04 Å². The van der Waals surface area contributed by atoms with E-state index < -0.39 is 5.82 Å². The highest BCUT2D eigenvalue weighted by molar-refractivity contribution is 5.47. The second kappa shape index (κ2) is 6.70. The number of anilines is 1. The number of aryl methyl sites for hydroxylation is 3. The lowest BCUT2D eigenvalue weighted by Crippen LogP contribution is -2.17. The SMILES string of the molecule is Cc1cccc(CCC(C)Nc2cc(F)c(C)cc2F)c1. The molecule has 21 heavy (non-hydrogen) atoms. The van der Waals surface area contributed by atoms with Gasteiger partial charge in [-0.25, -0.2) is 8.78 Å². The van der Waals surface area contributed by atoms with Crippen LogP contribution in [0.3, 0.4) is 0 Å². The number of rotatable bonds is 5. The van der Waals surface area contributed by atoms with Gasteiger partial charge in [-0.2, -0.15) is 0 Å². The van der Waals surface area contributed by atoms with Crippen LogP contribution in [-0.2, 0) is 6.42 Å². The van der Waals surface area contributed by atoms with Crippen molar-refractivity contribution in [1.82, 2.24) is 0 Å². The first-order valence-electron chi connectivity index (χ1n) is 7.23. The summed E-state index contributed by atoms with van der Waals surface area (Å²) in [5, 5.41) is 3.05. The number of halogens is 2. The van der Waals surface area contributed by atoms with E-state index in [2.05, 4.69) is 30.4 Å². The van der Waals surface area contributed by atoms with Gasteiger partial charge in [0, 0.05) is 12.1 Å². The fourth-order valence-corrected chi connectivity index (χ4v) is 2.35. The Balaban J connectivity index is 1.96. The third kappa shape index (κ3) is 4.28. The van der Waals surface area contributed by atoms with Crippen LogP contribution in [0.2, 0.25) is 0 Å². The van der Waals surface area contributed by atoms with Crippen LogP contribution in [0.4, 0.5) is 14.5 Å². The van der Waals surface area contributed by atoms with Crippen LogP contribution < -0.4 is 5.32 Å². The Morgan fingerprint density at radius 2 is 1.81 bits per heavy atom. The highest BCUT2D eigenvalue weighted by Gasteiger charge is 2.10. The molecule has 1 N–H and O–H groups in total. The van der Waals surface area contributed by atoms with Gasteiger partial charge in [0.1, 0.15) is 11.6 Å². The second-order valence-corrected chi connectivity index (χ2v) is 5.65. The summed E-state index contributed by atoms with van der Waals surface area (Å²) in [4.78, 5) is 0. The van der Waals surface area contributed by atoms with Gasteiger partial charge in [-0.05, 0) is 50.8 Å². The summed E-state index contributed by atoms with van der Waals surface area (Å²) in [6, 6.07) is 10.9. The Labute approximate surface area is 125 Å². The van der Waals surface area contributed by atoms with E-state index in [1.807, 2.05) is 13.0 Å². The summed E-state index contributed by atoms with van der Waals surface area (Å²) in [6.45, 7) is 5.60. The zero-order chi connectivity index (χ0) is 15.4. The third-order valence-electron chi connectivity index (χ3n) is 3.60. The second-order valence-electron chi connectivity index (χ2n) is 5.65. The van der Waals surface area contributed by atoms with Gasteiger partial charge in [0.2, 0.25) is 0 Å². The van der Waals surface area contributed by atoms with Gasteiger partial charge in [-0.1, -0.05) is 29.8 Å². The van der Waals surface area contributed by atoms with E-state index in [4.69, 9.17) is 0 Å². The first kappa shape index (κ1) is 15.5. The molecule has 0 radical (unpaired) electrons. The summed E-state index contributed by atoms with van der Waals surface area (Å²) in [5.74, 6) is -0.791. The Morgan fingerprint density at radius 1 is 1.05 bits per heavy atom. The smallest absolute Gasteiger partial charge is 0.146 e. The number of nitrogens with one attached hydrogen (secondary N) is 1. The molecule has 2 rings (SSSR count). The van der Waals surface area contributed by atoms with Gasteiger partial charge in [0.05, 0.1) is 5.69 Å². The molecular formula is C18H21F2N. The van der Waals surface area contributed by atoms with E-state index in [0.29, 0.717) is 5.56 Å². The quantitative estimate of drug-likeness (QED) is 0.815. The molecule has 0 aliphatic heterocycles. The van der Waals surface area contributed by atoms with E-state index >= 15 is 0 Å². The molecule has 0 aromatic heterocycles. The number of hydrogen-bond acceptors (Lipinski definition) is 1. The fraction of sp³-hybridized carbons (Fsp3) is 0.333. The van der Waals surface area contributed by atoms with Crippen LogP contribution >= 0.6 is 0 Å². The number of benzene rings is 2. The predicted molar refractivity (Wildman–Crippen MR) is 83.7 cm³/mol. The largest absolute Gasteiger partial charge is 0.380 e. The lowest BCUT2D eigenvalue weighted by Gasteiger charge is -2.16. The zero-order valence-electron chi connectivity index (χ0n) is 12.7. The molecule has 0 fully saturated rings. The maximum atomic E-state index is 13.8. The molecule has 0 saturated carbocycles. The van der Waals surface area contributed by atoms with Crippen LogP contribution in [0.5, 0.6) is 0 Å². The number of hydrogen-bond donors (Lipinski definition) is 1. The highest BCUT2D eigenvalue weighted by atomic mass is 19.1. The minimum atomic E-state index is -0.406. The molecule has 1 atom stereocenters. The first-order valence-corrected chi connectivity index (χ1v) is 7.23. The van der Waals surface area contributed by atoms with E-state index in [1.54, 1.807) is 6.92 Å². The van der Waals surface area contributed by atoms with Gasteiger partial charge < -0.3 is 5.32 Å². The van der Waals surface area contributed by atoms with Gasteiger partial charge in [-0.3, -0.25) is 0 Å². The molecule has 2 aromatic carbocycles. The van der Waals surface area contributed by atoms with Crippen molar-refractivity contribution in [3.8, 4) is 0 Å². The van der Waals surface area contributed by atoms with E-state index in [1.165, 1.54) is 23.3 Å². The molecular weight excluding hydrogens is 268 g/mol. The first-order chi connectivity index (χ1) is 9.95. The maximum Gasteiger partial charge on any atom is 0.146 e. The zero-order valence-corrected chi connectivity index (χ0v) is 12.7. The molecule has 3 heteroatoms. The fourth-order valence-electron chi connectivity index (χ4n) is 2.35. The summed E-state index contributed by atoms with van der Waals surface area (Å²) >= 11 is 0. The van der Waals surface area contributed by atoms with E-state index in [0.717, 1.165) is 12.8 Å². The van der Waals surface area contributed by atoms with Crippen molar-refractivity contribution in [2.45, 2.75) is 39.7 Å². The van der Waals surface area contributed by atoms with Crippen molar-refractivity contribution < 1.29 is 8.78 Å². The Hall–Kier alpha value is -1.90. The molecule has 2 aromatic rings. The molecule has 1 unspecified atom stereocenters. The molecule has 1 nitrogen and oxygen atoms in total. The summed E-state index contributed by atoms with van der Waals surface area (Å²) in [6.07, 6.45) is 1.77. The highest BCUT2D eigenvalue weighted by Crippen LogP contribution is 2.20. The summed E-state index contributed by atoms with van der Waals surface area (Å²) < 4.78 is 27.3. The van der Waals surface area contributed by atoms with Gasteiger partial charge >= 0.3 is 0 Å². The molecule has 0 aliphatic rings. The standard InChI is InChI=1S/C18H21F2N/c1-12-5-4-6-15(9-12)8-7-14(3)21-18-11-16(19)13(2)10-17(18)20/h4-6,9-11,14,21H,7-8H2,1-3H3. The minimum Gasteiger partial charge on any atom is -0.380 e. The van der Waals surface area contributed by atoms with Crippen molar-refractivity contribution in [1.29, 1.82) is 0 Å². The Bertz CT molecular complexity index is 623.